The van der Waals surface area contributed by atoms with E-state index in [0.717, 1.165) is 24.4 Å². The van der Waals surface area contributed by atoms with Crippen LogP contribution < -0.4 is 10.2 Å². The predicted octanol–water partition coefficient (Wildman–Crippen LogP) is 0.726. The van der Waals surface area contributed by atoms with Gasteiger partial charge in [0.1, 0.15) is 12.6 Å². The van der Waals surface area contributed by atoms with Gasteiger partial charge in [0.15, 0.2) is 5.82 Å². The third-order valence-electron chi connectivity index (χ3n) is 3.80. The molecular weight excluding hydrogens is 284 g/mol. The zero-order chi connectivity index (χ0) is 14.9. The molecule has 0 radical (unpaired) electrons. The minimum atomic E-state index is -0.116. The van der Waals surface area contributed by atoms with Crippen LogP contribution in [0, 0.1) is 0 Å². The Morgan fingerprint density at radius 2 is 2.41 bits per heavy atom. The van der Waals surface area contributed by atoms with Gasteiger partial charge in [-0.15, -0.1) is 10.2 Å². The van der Waals surface area contributed by atoms with Gasteiger partial charge in [-0.1, -0.05) is 0 Å². The van der Waals surface area contributed by atoms with E-state index >= 15 is 0 Å². The van der Waals surface area contributed by atoms with Gasteiger partial charge in [-0.3, -0.25) is 9.20 Å². The van der Waals surface area contributed by atoms with Crippen molar-refractivity contribution in [3.05, 3.63) is 42.9 Å². The van der Waals surface area contributed by atoms with E-state index in [1.54, 1.807) is 18.6 Å². The summed E-state index contributed by atoms with van der Waals surface area (Å²) >= 11 is 0. The number of aromatic nitrogens is 4. The minimum absolute atomic E-state index is 0.0763. The number of fused-ring (bicyclic) bond motifs is 1. The maximum atomic E-state index is 12.0. The monoisotopic (exact) mass is 298 g/mol. The number of rotatable bonds is 3. The Hall–Kier alpha value is -2.90. The number of carbonyl (C=O) groups is 1. The highest BCUT2D eigenvalue weighted by atomic mass is 16.3. The Bertz CT molecular complexity index is 797. The summed E-state index contributed by atoms with van der Waals surface area (Å²) in [4.78, 5) is 18.6. The molecule has 1 fully saturated rings. The molecule has 0 unspecified atom stereocenters. The van der Waals surface area contributed by atoms with Crippen LogP contribution in [0.25, 0.3) is 5.65 Å². The SMILES string of the molecule is O=C(N[C@H]1CCN(c2nccn3cnnc23)C1)c1ccoc1. The summed E-state index contributed by atoms with van der Waals surface area (Å²) in [7, 11) is 0. The van der Waals surface area contributed by atoms with Gasteiger partial charge in [-0.05, 0) is 12.5 Å². The zero-order valence-electron chi connectivity index (χ0n) is 11.7. The molecule has 0 bridgehead atoms. The molecule has 1 N–H and O–H groups in total. The van der Waals surface area contributed by atoms with Crippen LogP contribution in [0.1, 0.15) is 16.8 Å². The average Bonchev–Trinajstić information content (AvgIpc) is 3.27. The van der Waals surface area contributed by atoms with Crippen LogP contribution in [0.5, 0.6) is 0 Å². The molecule has 1 atom stereocenters. The molecule has 4 rings (SSSR count). The standard InChI is InChI=1S/C14H14N6O2/c21-14(10-2-6-22-8-10)17-11-1-4-19(7-11)12-13-18-16-9-20(13)5-3-15-12/h2-3,5-6,8-9,11H,1,4,7H2,(H,17,21)/t11-/m0/s1. The van der Waals surface area contributed by atoms with E-state index in [0.29, 0.717) is 12.1 Å². The number of furan rings is 1. The van der Waals surface area contributed by atoms with Crippen LogP contribution in [-0.2, 0) is 0 Å². The van der Waals surface area contributed by atoms with Gasteiger partial charge in [0.05, 0.1) is 11.8 Å². The first-order valence-electron chi connectivity index (χ1n) is 7.03. The van der Waals surface area contributed by atoms with E-state index in [1.807, 2.05) is 10.6 Å². The first kappa shape index (κ1) is 12.8. The molecular formula is C14H14N6O2. The number of nitrogens with one attached hydrogen (secondary N) is 1. The average molecular weight is 298 g/mol. The van der Waals surface area contributed by atoms with Crippen LogP contribution in [0.3, 0.4) is 0 Å². The van der Waals surface area contributed by atoms with Crippen molar-refractivity contribution in [1.29, 1.82) is 0 Å². The zero-order valence-corrected chi connectivity index (χ0v) is 11.7. The fourth-order valence-electron chi connectivity index (χ4n) is 2.70. The van der Waals surface area contributed by atoms with Crippen LogP contribution in [0.4, 0.5) is 5.82 Å². The van der Waals surface area contributed by atoms with Crippen molar-refractivity contribution in [3.63, 3.8) is 0 Å². The lowest BCUT2D eigenvalue weighted by atomic mass is 10.2. The normalized spacial score (nSPS) is 18.0. The number of carbonyl (C=O) groups excluding carboxylic acids is 1. The lowest BCUT2D eigenvalue weighted by Crippen LogP contribution is -2.37. The van der Waals surface area contributed by atoms with E-state index < -0.39 is 0 Å². The molecule has 1 aliphatic rings. The lowest BCUT2D eigenvalue weighted by molar-refractivity contribution is 0.0940. The maximum Gasteiger partial charge on any atom is 0.254 e. The van der Waals surface area contributed by atoms with Crippen LogP contribution in [0.15, 0.2) is 41.7 Å². The van der Waals surface area contributed by atoms with E-state index in [9.17, 15) is 4.79 Å². The van der Waals surface area contributed by atoms with Crippen molar-refractivity contribution in [2.75, 3.05) is 18.0 Å². The van der Waals surface area contributed by atoms with E-state index in [4.69, 9.17) is 4.42 Å². The van der Waals surface area contributed by atoms with Crippen LogP contribution in [-0.4, -0.2) is 44.6 Å². The van der Waals surface area contributed by atoms with Gasteiger partial charge < -0.3 is 14.6 Å². The van der Waals surface area contributed by atoms with E-state index in [2.05, 4.69) is 25.4 Å². The summed E-state index contributed by atoms with van der Waals surface area (Å²) in [6.07, 6.45) is 8.98. The number of hydrogen-bond acceptors (Lipinski definition) is 6. The first-order chi connectivity index (χ1) is 10.8. The van der Waals surface area contributed by atoms with Crippen molar-refractivity contribution in [2.45, 2.75) is 12.5 Å². The summed E-state index contributed by atoms with van der Waals surface area (Å²) in [6, 6.07) is 1.73. The highest BCUT2D eigenvalue weighted by molar-refractivity contribution is 5.94. The third-order valence-corrected chi connectivity index (χ3v) is 3.80. The quantitative estimate of drug-likeness (QED) is 0.766. The Labute approximate surface area is 125 Å². The number of anilines is 1. The van der Waals surface area contributed by atoms with Gasteiger partial charge in [0.25, 0.3) is 5.91 Å². The van der Waals surface area contributed by atoms with Gasteiger partial charge in [0.2, 0.25) is 5.65 Å². The smallest absolute Gasteiger partial charge is 0.254 e. The van der Waals surface area contributed by atoms with Gasteiger partial charge in [-0.2, -0.15) is 0 Å². The predicted molar refractivity (Wildman–Crippen MR) is 77.6 cm³/mol. The molecule has 0 aliphatic carbocycles. The fraction of sp³-hybridized carbons (Fsp3) is 0.286. The second kappa shape index (κ2) is 5.14. The van der Waals surface area contributed by atoms with Crippen molar-refractivity contribution < 1.29 is 9.21 Å². The topological polar surface area (TPSA) is 88.6 Å². The summed E-state index contributed by atoms with van der Waals surface area (Å²) < 4.78 is 6.76. The van der Waals surface area contributed by atoms with E-state index in [-0.39, 0.29) is 11.9 Å². The van der Waals surface area contributed by atoms with Crippen molar-refractivity contribution in [1.82, 2.24) is 24.9 Å². The molecule has 3 aromatic heterocycles. The molecule has 1 saturated heterocycles. The number of hydrogen-bond donors (Lipinski definition) is 1. The molecule has 8 heteroatoms. The summed E-state index contributed by atoms with van der Waals surface area (Å²) in [6.45, 7) is 1.51. The fourth-order valence-corrected chi connectivity index (χ4v) is 2.70. The highest BCUT2D eigenvalue weighted by Crippen LogP contribution is 2.21. The van der Waals surface area contributed by atoms with Gasteiger partial charge in [-0.25, -0.2) is 4.98 Å². The molecule has 0 aromatic carbocycles. The van der Waals surface area contributed by atoms with Crippen LogP contribution in [0.2, 0.25) is 0 Å². The number of amides is 1. The van der Waals surface area contributed by atoms with Crippen molar-refractivity contribution >= 4 is 17.4 Å². The number of nitrogens with zero attached hydrogens (tertiary/aromatic N) is 5. The lowest BCUT2D eigenvalue weighted by Gasteiger charge is -2.17. The molecule has 8 nitrogen and oxygen atoms in total. The largest absolute Gasteiger partial charge is 0.472 e. The van der Waals surface area contributed by atoms with Crippen molar-refractivity contribution in [2.24, 2.45) is 0 Å². The molecule has 4 heterocycles. The van der Waals surface area contributed by atoms with Gasteiger partial charge >= 0.3 is 0 Å². The second-order valence-electron chi connectivity index (χ2n) is 5.23. The Balaban J connectivity index is 1.48. The molecule has 22 heavy (non-hydrogen) atoms. The first-order valence-corrected chi connectivity index (χ1v) is 7.03. The molecule has 0 spiro atoms. The summed E-state index contributed by atoms with van der Waals surface area (Å²) in [5.41, 5.74) is 1.26. The minimum Gasteiger partial charge on any atom is -0.472 e. The van der Waals surface area contributed by atoms with Gasteiger partial charge in [0, 0.05) is 31.5 Å². The molecule has 3 aromatic rings. The third kappa shape index (κ3) is 2.18. The Morgan fingerprint density at radius 1 is 1.45 bits per heavy atom. The second-order valence-corrected chi connectivity index (χ2v) is 5.23. The summed E-state index contributed by atoms with van der Waals surface area (Å²) in [5, 5.41) is 11.0. The Kier molecular flexibility index (Phi) is 2.99. The van der Waals surface area contributed by atoms with Crippen molar-refractivity contribution in [3.8, 4) is 0 Å². The highest BCUT2D eigenvalue weighted by Gasteiger charge is 2.27. The van der Waals surface area contributed by atoms with Crippen LogP contribution >= 0.6 is 0 Å². The Morgan fingerprint density at radius 3 is 3.27 bits per heavy atom. The molecule has 1 amide bonds. The molecule has 1 aliphatic heterocycles. The molecule has 0 saturated carbocycles. The molecule has 112 valence electrons. The maximum absolute atomic E-state index is 12.0. The van der Waals surface area contributed by atoms with E-state index in [1.165, 1.54) is 12.5 Å². The summed E-state index contributed by atoms with van der Waals surface area (Å²) in [5.74, 6) is 0.675.